The minimum absolute atomic E-state index is 0.341. The second-order valence-corrected chi connectivity index (χ2v) is 8.36. The lowest BCUT2D eigenvalue weighted by molar-refractivity contribution is -0.137. The summed E-state index contributed by atoms with van der Waals surface area (Å²) < 4.78 is 0. The van der Waals surface area contributed by atoms with Crippen molar-refractivity contribution in [3.8, 4) is 0 Å². The lowest BCUT2D eigenvalue weighted by Crippen LogP contribution is -1.99. The first-order valence-corrected chi connectivity index (χ1v) is 11.1. The number of carbonyl (C=O) groups is 1. The van der Waals surface area contributed by atoms with Crippen molar-refractivity contribution >= 4 is 29.3 Å². The van der Waals surface area contributed by atoms with E-state index in [9.17, 15) is 4.79 Å². The van der Waals surface area contributed by atoms with Gasteiger partial charge in [0, 0.05) is 27.7 Å². The fourth-order valence-electron chi connectivity index (χ4n) is 3.10. The zero-order chi connectivity index (χ0) is 19.5. The Labute approximate surface area is 172 Å². The molecular formula is C23H29ClO2S. The molecule has 0 amide bonds. The lowest BCUT2D eigenvalue weighted by Gasteiger charge is -2.19. The Bertz CT molecular complexity index is 730. The summed E-state index contributed by atoms with van der Waals surface area (Å²) in [7, 11) is 0. The summed E-state index contributed by atoms with van der Waals surface area (Å²) in [6, 6.07) is 14.6. The zero-order valence-corrected chi connectivity index (χ0v) is 17.6. The summed E-state index contributed by atoms with van der Waals surface area (Å²) in [4.78, 5) is 12.8. The molecule has 3 rings (SSSR count). The van der Waals surface area contributed by atoms with Crippen LogP contribution < -0.4 is 0 Å². The Morgan fingerprint density at radius 1 is 0.963 bits per heavy atom. The van der Waals surface area contributed by atoms with Crippen LogP contribution in [0.15, 0.2) is 52.3 Å². The number of unbranched alkanes of at least 4 members (excludes halogenated alkanes) is 6. The molecule has 0 bridgehead atoms. The molecule has 4 heteroatoms. The molecule has 0 saturated carbocycles. The number of hydrogen-bond acceptors (Lipinski definition) is 2. The molecule has 0 saturated heterocycles. The average molecular weight is 405 g/mol. The van der Waals surface area contributed by atoms with E-state index in [1.165, 1.54) is 53.0 Å². The van der Waals surface area contributed by atoms with Crippen LogP contribution in [-0.2, 0) is 11.2 Å². The summed E-state index contributed by atoms with van der Waals surface area (Å²) in [6.45, 7) is 2.20. The molecule has 1 N–H and O–H groups in total. The largest absolute Gasteiger partial charge is 0.481 e. The normalized spacial score (nSPS) is 11.8. The van der Waals surface area contributed by atoms with Crippen LogP contribution >= 0.6 is 23.4 Å². The van der Waals surface area contributed by atoms with Gasteiger partial charge in [-0.25, -0.2) is 0 Å². The van der Waals surface area contributed by atoms with E-state index in [0.29, 0.717) is 6.42 Å². The summed E-state index contributed by atoms with van der Waals surface area (Å²) in [5.41, 5.74) is 2.64. The first-order chi connectivity index (χ1) is 13.1. The van der Waals surface area contributed by atoms with Crippen LogP contribution in [0.25, 0.3) is 0 Å². The quantitative estimate of drug-likeness (QED) is 0.392. The highest BCUT2D eigenvalue weighted by Crippen LogP contribution is 2.41. The maximum atomic E-state index is 10.1. The van der Waals surface area contributed by atoms with Crippen LogP contribution in [0.2, 0.25) is 5.02 Å². The van der Waals surface area contributed by atoms with Gasteiger partial charge in [-0.05, 0) is 35.7 Å². The van der Waals surface area contributed by atoms with E-state index in [-0.39, 0.29) is 0 Å². The first kappa shape index (κ1) is 21.8. The van der Waals surface area contributed by atoms with Gasteiger partial charge in [0.2, 0.25) is 0 Å². The van der Waals surface area contributed by atoms with E-state index in [4.69, 9.17) is 16.7 Å². The van der Waals surface area contributed by atoms with Crippen molar-refractivity contribution in [2.24, 2.45) is 0 Å². The Morgan fingerprint density at radius 2 is 1.63 bits per heavy atom. The maximum absolute atomic E-state index is 10.1. The van der Waals surface area contributed by atoms with Gasteiger partial charge in [-0.3, -0.25) is 4.79 Å². The second-order valence-electron chi connectivity index (χ2n) is 6.87. The number of benzene rings is 2. The Hall–Kier alpha value is -1.45. The highest BCUT2D eigenvalue weighted by atomic mass is 35.5. The first-order valence-electron chi connectivity index (χ1n) is 9.86. The summed E-state index contributed by atoms with van der Waals surface area (Å²) in [5, 5.41) is 9.24. The Morgan fingerprint density at radius 3 is 2.37 bits per heavy atom. The molecule has 1 heterocycles. The monoisotopic (exact) mass is 404 g/mol. The fourth-order valence-corrected chi connectivity index (χ4v) is 4.50. The number of hydrogen-bond donors (Lipinski definition) is 1. The lowest BCUT2D eigenvalue weighted by atomic mass is 10.0. The molecule has 1 aliphatic rings. The SMILES string of the molecule is CCCCCCCCCC(=O)O.Clc1cccc2c1Cc1ccccc1S2. The third-order valence-corrected chi connectivity index (χ3v) is 6.20. The van der Waals surface area contributed by atoms with Crippen LogP contribution in [-0.4, -0.2) is 11.1 Å². The van der Waals surface area contributed by atoms with E-state index in [1.54, 1.807) is 0 Å². The number of carboxylic acid groups (broad SMARTS) is 1. The molecule has 0 aliphatic carbocycles. The predicted molar refractivity (Wildman–Crippen MR) is 115 cm³/mol. The highest BCUT2D eigenvalue weighted by molar-refractivity contribution is 7.99. The van der Waals surface area contributed by atoms with E-state index in [1.807, 2.05) is 23.9 Å². The molecular weight excluding hydrogens is 376 g/mol. The van der Waals surface area contributed by atoms with Crippen LogP contribution in [0.4, 0.5) is 0 Å². The second kappa shape index (κ2) is 12.1. The molecule has 146 valence electrons. The third-order valence-electron chi connectivity index (χ3n) is 4.63. The molecule has 0 atom stereocenters. The van der Waals surface area contributed by atoms with E-state index in [2.05, 4.69) is 37.3 Å². The van der Waals surface area contributed by atoms with Crippen molar-refractivity contribution in [2.75, 3.05) is 0 Å². The summed E-state index contributed by atoms with van der Waals surface area (Å²) in [5.74, 6) is -0.663. The minimum Gasteiger partial charge on any atom is -0.481 e. The van der Waals surface area contributed by atoms with Crippen LogP contribution in [0.3, 0.4) is 0 Å². The van der Waals surface area contributed by atoms with Gasteiger partial charge in [-0.1, -0.05) is 93.1 Å². The van der Waals surface area contributed by atoms with Crippen LogP contribution in [0.5, 0.6) is 0 Å². The van der Waals surface area contributed by atoms with Crippen molar-refractivity contribution in [3.63, 3.8) is 0 Å². The number of fused-ring (bicyclic) bond motifs is 2. The van der Waals surface area contributed by atoms with Crippen LogP contribution in [0, 0.1) is 0 Å². The van der Waals surface area contributed by atoms with Gasteiger partial charge in [0.25, 0.3) is 0 Å². The third kappa shape index (κ3) is 7.59. The molecule has 0 spiro atoms. The van der Waals surface area contributed by atoms with Crippen LogP contribution in [0.1, 0.15) is 69.4 Å². The predicted octanol–water partition coefficient (Wildman–Crippen LogP) is 7.61. The minimum atomic E-state index is -0.663. The van der Waals surface area contributed by atoms with Gasteiger partial charge in [-0.15, -0.1) is 0 Å². The number of aliphatic carboxylic acids is 1. The number of carboxylic acids is 1. The highest BCUT2D eigenvalue weighted by Gasteiger charge is 2.17. The molecule has 2 aromatic carbocycles. The Balaban J connectivity index is 0.000000201. The average Bonchev–Trinajstić information content (AvgIpc) is 2.67. The molecule has 0 radical (unpaired) electrons. The van der Waals surface area contributed by atoms with Gasteiger partial charge in [-0.2, -0.15) is 0 Å². The standard InChI is InChI=1S/C13H9ClS.C10H20O2/c14-11-5-3-7-13-10(11)8-9-4-1-2-6-12(9)15-13;1-2-3-4-5-6-7-8-9-10(11)12/h1-7H,8H2;2-9H2,1H3,(H,11,12). The molecule has 1 aliphatic heterocycles. The zero-order valence-electron chi connectivity index (χ0n) is 16.0. The molecule has 27 heavy (non-hydrogen) atoms. The summed E-state index contributed by atoms with van der Waals surface area (Å²) in [6.07, 6.45) is 9.60. The molecule has 2 aromatic rings. The van der Waals surface area contributed by atoms with Gasteiger partial charge in [0.15, 0.2) is 0 Å². The van der Waals surface area contributed by atoms with Gasteiger partial charge in [0.05, 0.1) is 0 Å². The maximum Gasteiger partial charge on any atom is 0.303 e. The van der Waals surface area contributed by atoms with Crippen molar-refractivity contribution < 1.29 is 9.90 Å². The smallest absolute Gasteiger partial charge is 0.303 e. The van der Waals surface area contributed by atoms with Gasteiger partial charge < -0.3 is 5.11 Å². The molecule has 2 nitrogen and oxygen atoms in total. The molecule has 0 fully saturated rings. The van der Waals surface area contributed by atoms with E-state index in [0.717, 1.165) is 24.3 Å². The summed E-state index contributed by atoms with van der Waals surface area (Å²) >= 11 is 8.01. The number of halogens is 1. The number of rotatable bonds is 8. The van der Waals surface area contributed by atoms with Crippen molar-refractivity contribution in [1.29, 1.82) is 0 Å². The van der Waals surface area contributed by atoms with E-state index < -0.39 is 5.97 Å². The molecule has 0 unspecified atom stereocenters. The fraction of sp³-hybridized carbons (Fsp3) is 0.435. The van der Waals surface area contributed by atoms with Gasteiger partial charge in [0.1, 0.15) is 0 Å². The van der Waals surface area contributed by atoms with E-state index >= 15 is 0 Å². The topological polar surface area (TPSA) is 37.3 Å². The van der Waals surface area contributed by atoms with Gasteiger partial charge >= 0.3 is 5.97 Å². The van der Waals surface area contributed by atoms with Crippen molar-refractivity contribution in [1.82, 2.24) is 0 Å². The van der Waals surface area contributed by atoms with Crippen molar-refractivity contribution in [3.05, 3.63) is 58.6 Å². The molecule has 0 aromatic heterocycles. The van der Waals surface area contributed by atoms with Crippen molar-refractivity contribution in [2.45, 2.75) is 74.5 Å². The Kier molecular flexibility index (Phi) is 9.79.